The molecule has 0 saturated carbocycles. The lowest BCUT2D eigenvalue weighted by molar-refractivity contribution is 0.101. The summed E-state index contributed by atoms with van der Waals surface area (Å²) in [6.45, 7) is 3.25. The molecule has 0 aliphatic carbocycles. The average Bonchev–Trinajstić information content (AvgIpc) is 2.41. The Balaban J connectivity index is 2.93. The molecule has 0 fully saturated rings. The Kier molecular flexibility index (Phi) is 2.38. The summed E-state index contributed by atoms with van der Waals surface area (Å²) >= 11 is 3.21. The Labute approximate surface area is 94.6 Å². The molecular formula is C11H9BrFNO. The number of fused-ring (bicyclic) bond motifs is 1. The predicted molar refractivity (Wildman–Crippen MR) is 60.7 cm³/mol. The molecule has 15 heavy (non-hydrogen) atoms. The van der Waals surface area contributed by atoms with Gasteiger partial charge in [-0.15, -0.1) is 0 Å². The largest absolute Gasteiger partial charge is 0.356 e. The van der Waals surface area contributed by atoms with Crippen molar-refractivity contribution in [3.05, 3.63) is 33.7 Å². The number of benzene rings is 1. The van der Waals surface area contributed by atoms with Crippen LogP contribution in [0.1, 0.15) is 23.0 Å². The molecule has 0 unspecified atom stereocenters. The molecule has 0 saturated heterocycles. The Morgan fingerprint density at radius 2 is 2.13 bits per heavy atom. The third-order valence-electron chi connectivity index (χ3n) is 2.36. The summed E-state index contributed by atoms with van der Waals surface area (Å²) in [6.07, 6.45) is 0. The van der Waals surface area contributed by atoms with E-state index in [-0.39, 0.29) is 11.6 Å². The molecule has 1 aromatic carbocycles. The van der Waals surface area contributed by atoms with E-state index < -0.39 is 0 Å². The second kappa shape index (κ2) is 3.45. The molecule has 0 radical (unpaired) electrons. The van der Waals surface area contributed by atoms with Gasteiger partial charge in [0.15, 0.2) is 5.78 Å². The first-order valence-corrected chi connectivity index (χ1v) is 5.28. The first kappa shape index (κ1) is 10.4. The van der Waals surface area contributed by atoms with Crippen molar-refractivity contribution in [3.8, 4) is 0 Å². The van der Waals surface area contributed by atoms with E-state index in [9.17, 15) is 9.18 Å². The second-order valence-electron chi connectivity index (χ2n) is 3.49. The highest BCUT2D eigenvalue weighted by atomic mass is 79.9. The lowest BCUT2D eigenvalue weighted by Gasteiger charge is -1.96. The number of aromatic amines is 1. The molecule has 2 rings (SSSR count). The summed E-state index contributed by atoms with van der Waals surface area (Å²) in [5.41, 5.74) is 1.65. The van der Waals surface area contributed by atoms with Gasteiger partial charge in [-0.1, -0.05) is 15.9 Å². The number of Topliss-reactive ketones (excluding diaryl/α,β-unsaturated/α-hetero) is 1. The molecule has 1 N–H and O–H groups in total. The molecule has 0 aliphatic heterocycles. The number of halogens is 2. The Morgan fingerprint density at radius 3 is 2.73 bits per heavy atom. The van der Waals surface area contributed by atoms with E-state index in [1.807, 2.05) is 0 Å². The lowest BCUT2D eigenvalue weighted by atomic mass is 10.1. The fourth-order valence-corrected chi connectivity index (χ4v) is 2.23. The third kappa shape index (κ3) is 1.59. The average molecular weight is 270 g/mol. The molecule has 2 nitrogen and oxygen atoms in total. The molecule has 4 heteroatoms. The molecule has 0 aliphatic rings. The smallest absolute Gasteiger partial charge is 0.162 e. The van der Waals surface area contributed by atoms with Crippen LogP contribution in [0.5, 0.6) is 0 Å². The Bertz CT molecular complexity index is 559. The standard InChI is InChI=1S/C11H9BrFNO/c1-5-10(6(2)15)8-3-7(12)4-9(13)11(8)14-5/h3-4,14H,1-2H3. The second-order valence-corrected chi connectivity index (χ2v) is 4.41. The number of ketones is 1. The quantitative estimate of drug-likeness (QED) is 0.789. The molecule has 78 valence electrons. The molecule has 0 amide bonds. The van der Waals surface area contributed by atoms with Gasteiger partial charge in [-0.3, -0.25) is 4.79 Å². The molecule has 0 bridgehead atoms. The number of hydrogen-bond acceptors (Lipinski definition) is 1. The molecule has 0 atom stereocenters. The van der Waals surface area contributed by atoms with E-state index in [4.69, 9.17) is 0 Å². The maximum Gasteiger partial charge on any atom is 0.162 e. The summed E-state index contributed by atoms with van der Waals surface area (Å²) in [6, 6.07) is 3.13. The van der Waals surface area contributed by atoms with Crippen LogP contribution in [0.3, 0.4) is 0 Å². The summed E-state index contributed by atoms with van der Waals surface area (Å²) in [4.78, 5) is 14.3. The van der Waals surface area contributed by atoms with Crippen molar-refractivity contribution in [1.82, 2.24) is 4.98 Å². The van der Waals surface area contributed by atoms with Crippen LogP contribution in [0.15, 0.2) is 16.6 Å². The fraction of sp³-hybridized carbons (Fsp3) is 0.182. The van der Waals surface area contributed by atoms with E-state index in [0.717, 1.165) is 0 Å². The van der Waals surface area contributed by atoms with Crippen LogP contribution in [0.4, 0.5) is 4.39 Å². The highest BCUT2D eigenvalue weighted by Gasteiger charge is 2.15. The fourth-order valence-electron chi connectivity index (χ4n) is 1.80. The van der Waals surface area contributed by atoms with Crippen molar-refractivity contribution in [3.63, 3.8) is 0 Å². The molecule has 0 spiro atoms. The van der Waals surface area contributed by atoms with Gasteiger partial charge < -0.3 is 4.98 Å². The van der Waals surface area contributed by atoms with Crippen molar-refractivity contribution < 1.29 is 9.18 Å². The van der Waals surface area contributed by atoms with Crippen molar-refractivity contribution in [1.29, 1.82) is 0 Å². The van der Waals surface area contributed by atoms with Gasteiger partial charge in [-0.25, -0.2) is 4.39 Å². The van der Waals surface area contributed by atoms with Crippen LogP contribution < -0.4 is 0 Å². The van der Waals surface area contributed by atoms with Crippen molar-refractivity contribution in [2.75, 3.05) is 0 Å². The number of aryl methyl sites for hydroxylation is 1. The van der Waals surface area contributed by atoms with Gasteiger partial charge in [0.05, 0.1) is 5.52 Å². The SMILES string of the molecule is CC(=O)c1c(C)[nH]c2c(F)cc(Br)cc12. The van der Waals surface area contributed by atoms with Crippen LogP contribution in [0.25, 0.3) is 10.9 Å². The number of H-pyrrole nitrogens is 1. The molecule has 1 heterocycles. The monoisotopic (exact) mass is 269 g/mol. The van der Waals surface area contributed by atoms with Gasteiger partial charge in [-0.05, 0) is 26.0 Å². The minimum atomic E-state index is -0.352. The number of hydrogen-bond donors (Lipinski definition) is 1. The maximum absolute atomic E-state index is 13.5. The zero-order valence-electron chi connectivity index (χ0n) is 8.32. The van der Waals surface area contributed by atoms with Crippen LogP contribution in [0.2, 0.25) is 0 Å². The van der Waals surface area contributed by atoms with Gasteiger partial charge in [0.1, 0.15) is 5.82 Å². The molecule has 1 aromatic heterocycles. The summed E-state index contributed by atoms with van der Waals surface area (Å²) in [5, 5.41) is 0.631. The first-order chi connectivity index (χ1) is 7.00. The number of carbonyl (C=O) groups is 1. The van der Waals surface area contributed by atoms with Crippen molar-refractivity contribution >= 4 is 32.6 Å². The Morgan fingerprint density at radius 1 is 1.47 bits per heavy atom. The van der Waals surface area contributed by atoms with Gasteiger partial charge in [0, 0.05) is 21.1 Å². The van der Waals surface area contributed by atoms with Crippen LogP contribution >= 0.6 is 15.9 Å². The first-order valence-electron chi connectivity index (χ1n) is 4.49. The van der Waals surface area contributed by atoms with Crippen molar-refractivity contribution in [2.45, 2.75) is 13.8 Å². The van der Waals surface area contributed by atoms with Crippen LogP contribution in [-0.2, 0) is 0 Å². The van der Waals surface area contributed by atoms with Crippen molar-refractivity contribution in [2.24, 2.45) is 0 Å². The van der Waals surface area contributed by atoms with E-state index in [0.29, 0.717) is 26.6 Å². The molecular weight excluding hydrogens is 261 g/mol. The summed E-state index contributed by atoms with van der Waals surface area (Å²) < 4.78 is 14.2. The lowest BCUT2D eigenvalue weighted by Crippen LogP contribution is -1.92. The van der Waals surface area contributed by atoms with E-state index in [1.165, 1.54) is 13.0 Å². The number of rotatable bonds is 1. The third-order valence-corrected chi connectivity index (χ3v) is 2.82. The number of nitrogens with one attached hydrogen (secondary N) is 1. The van der Waals surface area contributed by atoms with E-state index in [2.05, 4.69) is 20.9 Å². The minimum absolute atomic E-state index is 0.0590. The van der Waals surface area contributed by atoms with Gasteiger partial charge in [-0.2, -0.15) is 0 Å². The minimum Gasteiger partial charge on any atom is -0.356 e. The highest BCUT2D eigenvalue weighted by Crippen LogP contribution is 2.28. The van der Waals surface area contributed by atoms with Gasteiger partial charge in [0.2, 0.25) is 0 Å². The van der Waals surface area contributed by atoms with Crippen LogP contribution in [-0.4, -0.2) is 10.8 Å². The zero-order chi connectivity index (χ0) is 11.2. The Hall–Kier alpha value is -1.16. The summed E-state index contributed by atoms with van der Waals surface area (Å²) in [5.74, 6) is -0.411. The van der Waals surface area contributed by atoms with E-state index >= 15 is 0 Å². The number of aromatic nitrogens is 1. The van der Waals surface area contributed by atoms with E-state index in [1.54, 1.807) is 13.0 Å². The van der Waals surface area contributed by atoms with Crippen LogP contribution in [0, 0.1) is 12.7 Å². The summed E-state index contributed by atoms with van der Waals surface area (Å²) in [7, 11) is 0. The normalized spacial score (nSPS) is 10.9. The topological polar surface area (TPSA) is 32.9 Å². The maximum atomic E-state index is 13.5. The zero-order valence-corrected chi connectivity index (χ0v) is 9.90. The molecule has 2 aromatic rings. The highest BCUT2D eigenvalue weighted by molar-refractivity contribution is 9.10. The van der Waals surface area contributed by atoms with Gasteiger partial charge in [0.25, 0.3) is 0 Å². The van der Waals surface area contributed by atoms with Gasteiger partial charge >= 0.3 is 0 Å². The number of carbonyl (C=O) groups excluding carboxylic acids is 1. The predicted octanol–water partition coefficient (Wildman–Crippen LogP) is 3.58.